The molecular formula is C15H19N3O3S. The smallest absolute Gasteiger partial charge is 0.258 e. The highest BCUT2D eigenvalue weighted by atomic mass is 32.1. The van der Waals surface area contributed by atoms with E-state index in [9.17, 15) is 4.79 Å². The van der Waals surface area contributed by atoms with E-state index in [2.05, 4.69) is 15.3 Å². The molecule has 3 heterocycles. The fourth-order valence-electron chi connectivity index (χ4n) is 2.48. The van der Waals surface area contributed by atoms with Gasteiger partial charge in [0, 0.05) is 18.0 Å². The summed E-state index contributed by atoms with van der Waals surface area (Å²) in [6.45, 7) is 5.33. The molecule has 0 saturated carbocycles. The first kappa shape index (κ1) is 15.2. The first-order chi connectivity index (χ1) is 10.6. The number of nitrogens with zero attached hydrogens (tertiary/aromatic N) is 2. The number of ether oxygens (including phenoxy) is 2. The Kier molecular flexibility index (Phi) is 4.54. The molecule has 1 aliphatic rings. The molecule has 1 amide bonds. The van der Waals surface area contributed by atoms with Gasteiger partial charge in [-0.1, -0.05) is 0 Å². The molecule has 6 nitrogen and oxygen atoms in total. The highest BCUT2D eigenvalue weighted by Gasteiger charge is 2.17. The van der Waals surface area contributed by atoms with Gasteiger partial charge in [-0.15, -0.1) is 11.3 Å². The molecule has 7 heteroatoms. The van der Waals surface area contributed by atoms with Crippen molar-refractivity contribution in [1.29, 1.82) is 0 Å². The van der Waals surface area contributed by atoms with Crippen LogP contribution >= 0.6 is 11.3 Å². The van der Waals surface area contributed by atoms with Gasteiger partial charge in [-0.05, 0) is 32.3 Å². The van der Waals surface area contributed by atoms with Gasteiger partial charge in [-0.25, -0.2) is 9.97 Å². The van der Waals surface area contributed by atoms with Crippen LogP contribution in [0.4, 0.5) is 0 Å². The number of nitrogens with one attached hydrogen (secondary N) is 1. The van der Waals surface area contributed by atoms with Gasteiger partial charge in [0.15, 0.2) is 6.61 Å². The fourth-order valence-corrected chi connectivity index (χ4v) is 3.46. The van der Waals surface area contributed by atoms with Crippen LogP contribution in [0, 0.1) is 13.8 Å². The van der Waals surface area contributed by atoms with E-state index in [0.29, 0.717) is 12.4 Å². The number of thiophene rings is 1. The van der Waals surface area contributed by atoms with Gasteiger partial charge in [-0.2, -0.15) is 0 Å². The van der Waals surface area contributed by atoms with Gasteiger partial charge in [0.25, 0.3) is 5.91 Å². The van der Waals surface area contributed by atoms with Gasteiger partial charge >= 0.3 is 0 Å². The van der Waals surface area contributed by atoms with E-state index in [1.54, 1.807) is 11.3 Å². The third kappa shape index (κ3) is 3.20. The number of fused-ring (bicyclic) bond motifs is 1. The Morgan fingerprint density at radius 2 is 2.36 bits per heavy atom. The number of rotatable bonds is 5. The zero-order chi connectivity index (χ0) is 15.5. The third-order valence-corrected chi connectivity index (χ3v) is 4.94. The Bertz CT molecular complexity index is 680. The van der Waals surface area contributed by atoms with E-state index in [1.807, 2.05) is 13.8 Å². The van der Waals surface area contributed by atoms with Crippen LogP contribution in [0.1, 0.15) is 23.3 Å². The van der Waals surface area contributed by atoms with Crippen molar-refractivity contribution in [2.45, 2.75) is 32.8 Å². The predicted molar refractivity (Wildman–Crippen MR) is 84.4 cm³/mol. The maximum Gasteiger partial charge on any atom is 0.258 e. The minimum atomic E-state index is -0.160. The molecule has 0 aliphatic carbocycles. The number of carbonyl (C=O) groups is 1. The van der Waals surface area contributed by atoms with Crippen molar-refractivity contribution >= 4 is 27.5 Å². The second-order valence-corrected chi connectivity index (χ2v) is 6.57. The lowest BCUT2D eigenvalue weighted by atomic mass is 10.2. The molecule has 0 unspecified atom stereocenters. The lowest BCUT2D eigenvalue weighted by molar-refractivity contribution is -0.123. The van der Waals surface area contributed by atoms with Crippen LogP contribution < -0.4 is 10.1 Å². The minimum absolute atomic E-state index is 0.0484. The second-order valence-electron chi connectivity index (χ2n) is 5.37. The monoisotopic (exact) mass is 321 g/mol. The van der Waals surface area contributed by atoms with E-state index in [4.69, 9.17) is 9.47 Å². The van der Waals surface area contributed by atoms with Crippen molar-refractivity contribution < 1.29 is 14.3 Å². The highest BCUT2D eigenvalue weighted by Crippen LogP contribution is 2.33. The Balaban J connectivity index is 1.60. The van der Waals surface area contributed by atoms with Gasteiger partial charge < -0.3 is 14.8 Å². The van der Waals surface area contributed by atoms with Crippen molar-refractivity contribution in [2.24, 2.45) is 0 Å². The molecule has 2 aromatic heterocycles. The van der Waals surface area contributed by atoms with Crippen molar-refractivity contribution in [1.82, 2.24) is 15.3 Å². The summed E-state index contributed by atoms with van der Waals surface area (Å²) < 4.78 is 11.1. The molecule has 1 N–H and O–H groups in total. The van der Waals surface area contributed by atoms with E-state index in [0.717, 1.165) is 35.2 Å². The molecule has 2 aromatic rings. The molecule has 1 fully saturated rings. The maximum absolute atomic E-state index is 11.9. The van der Waals surface area contributed by atoms with Crippen LogP contribution in [0.15, 0.2) is 6.33 Å². The van der Waals surface area contributed by atoms with Crippen LogP contribution in [-0.4, -0.2) is 41.7 Å². The van der Waals surface area contributed by atoms with Crippen LogP contribution in [0.5, 0.6) is 5.88 Å². The molecule has 3 rings (SSSR count). The summed E-state index contributed by atoms with van der Waals surface area (Å²) in [5, 5.41) is 3.73. The summed E-state index contributed by atoms with van der Waals surface area (Å²) in [5.74, 6) is 0.311. The van der Waals surface area contributed by atoms with Gasteiger partial charge in [0.1, 0.15) is 11.2 Å². The Morgan fingerprint density at radius 3 is 3.14 bits per heavy atom. The normalized spacial score (nSPS) is 17.8. The van der Waals surface area contributed by atoms with Crippen molar-refractivity contribution in [3.05, 3.63) is 16.8 Å². The fraction of sp³-hybridized carbons (Fsp3) is 0.533. The number of hydrogen-bond acceptors (Lipinski definition) is 6. The lowest BCUT2D eigenvalue weighted by Crippen LogP contribution is -2.35. The number of carbonyl (C=O) groups excluding carboxylic acids is 1. The number of aromatic nitrogens is 2. The average molecular weight is 321 g/mol. The topological polar surface area (TPSA) is 73.3 Å². The standard InChI is InChI=1S/C15H19N3O3S/c1-9-10(2)22-15-13(9)14(17-8-18-15)21-7-12(19)16-6-11-4-3-5-20-11/h8,11H,3-7H2,1-2H3,(H,16,19)/t11-/m0/s1. The highest BCUT2D eigenvalue weighted by molar-refractivity contribution is 7.18. The molecule has 1 aliphatic heterocycles. The van der Waals surface area contributed by atoms with E-state index in [1.165, 1.54) is 11.2 Å². The number of amides is 1. The number of aryl methyl sites for hydroxylation is 2. The van der Waals surface area contributed by atoms with Crippen molar-refractivity contribution in [2.75, 3.05) is 19.8 Å². The zero-order valence-electron chi connectivity index (χ0n) is 12.7. The van der Waals surface area contributed by atoms with Crippen LogP contribution in [0.25, 0.3) is 10.2 Å². The second kappa shape index (κ2) is 6.58. The maximum atomic E-state index is 11.9. The first-order valence-electron chi connectivity index (χ1n) is 7.37. The molecule has 22 heavy (non-hydrogen) atoms. The predicted octanol–water partition coefficient (Wildman–Crippen LogP) is 1.98. The summed E-state index contributed by atoms with van der Waals surface area (Å²) >= 11 is 1.61. The summed E-state index contributed by atoms with van der Waals surface area (Å²) in [4.78, 5) is 22.3. The third-order valence-electron chi connectivity index (χ3n) is 3.82. The average Bonchev–Trinajstić information content (AvgIpc) is 3.12. The molecule has 1 saturated heterocycles. The van der Waals surface area contributed by atoms with Crippen LogP contribution in [0.2, 0.25) is 0 Å². The minimum Gasteiger partial charge on any atom is -0.467 e. The van der Waals surface area contributed by atoms with Crippen molar-refractivity contribution in [3.63, 3.8) is 0 Å². The quantitative estimate of drug-likeness (QED) is 0.911. The molecule has 0 aromatic carbocycles. The zero-order valence-corrected chi connectivity index (χ0v) is 13.5. The number of hydrogen-bond donors (Lipinski definition) is 1. The Hall–Kier alpha value is -1.73. The molecule has 1 atom stereocenters. The van der Waals surface area contributed by atoms with E-state index >= 15 is 0 Å². The summed E-state index contributed by atoms with van der Waals surface area (Å²) in [6, 6.07) is 0. The first-order valence-corrected chi connectivity index (χ1v) is 8.18. The van der Waals surface area contributed by atoms with Crippen molar-refractivity contribution in [3.8, 4) is 5.88 Å². The molecule has 0 bridgehead atoms. The molecular weight excluding hydrogens is 302 g/mol. The molecule has 118 valence electrons. The summed E-state index contributed by atoms with van der Waals surface area (Å²) in [7, 11) is 0. The largest absolute Gasteiger partial charge is 0.467 e. The SMILES string of the molecule is Cc1sc2ncnc(OCC(=O)NC[C@@H]3CCCO3)c2c1C. The van der Waals surface area contributed by atoms with E-state index in [-0.39, 0.29) is 18.6 Å². The molecule has 0 radical (unpaired) electrons. The lowest BCUT2D eigenvalue weighted by Gasteiger charge is -2.11. The van der Waals surface area contributed by atoms with Gasteiger partial charge in [0.2, 0.25) is 5.88 Å². The molecule has 0 spiro atoms. The van der Waals surface area contributed by atoms with Crippen LogP contribution in [-0.2, 0) is 9.53 Å². The summed E-state index contributed by atoms with van der Waals surface area (Å²) in [6.07, 6.45) is 3.67. The summed E-state index contributed by atoms with van der Waals surface area (Å²) in [5.41, 5.74) is 1.11. The van der Waals surface area contributed by atoms with E-state index < -0.39 is 0 Å². The van der Waals surface area contributed by atoms with Gasteiger partial charge in [-0.3, -0.25) is 4.79 Å². The Morgan fingerprint density at radius 1 is 1.50 bits per heavy atom. The van der Waals surface area contributed by atoms with Crippen LogP contribution in [0.3, 0.4) is 0 Å². The Labute approximate surface area is 132 Å². The van der Waals surface area contributed by atoms with Gasteiger partial charge in [0.05, 0.1) is 11.5 Å².